The van der Waals surface area contributed by atoms with Gasteiger partial charge in [0.25, 0.3) is 0 Å². The quantitative estimate of drug-likeness (QED) is 0.780. The first kappa shape index (κ1) is 13.2. The molecule has 2 aliphatic carbocycles. The van der Waals surface area contributed by atoms with Gasteiger partial charge in [-0.25, -0.2) is 9.37 Å². The second kappa shape index (κ2) is 5.28. The van der Waals surface area contributed by atoms with Crippen LogP contribution in [0.2, 0.25) is 0 Å². The SMILES string of the molecule is CN(CC1CC2CCC1C2)c1nccc(CCl)c1F. The maximum absolute atomic E-state index is 14.2. The molecule has 4 heteroatoms. The third-order valence-electron chi connectivity index (χ3n) is 4.85. The number of rotatable bonds is 4. The van der Waals surface area contributed by atoms with Crippen molar-refractivity contribution in [2.45, 2.75) is 31.6 Å². The molecule has 3 atom stereocenters. The summed E-state index contributed by atoms with van der Waals surface area (Å²) in [4.78, 5) is 6.15. The Morgan fingerprint density at radius 3 is 2.89 bits per heavy atom. The number of pyridine rings is 1. The topological polar surface area (TPSA) is 16.1 Å². The third-order valence-corrected chi connectivity index (χ3v) is 5.14. The van der Waals surface area contributed by atoms with E-state index < -0.39 is 0 Å². The van der Waals surface area contributed by atoms with Crippen LogP contribution in [0.3, 0.4) is 0 Å². The Morgan fingerprint density at radius 1 is 1.42 bits per heavy atom. The zero-order valence-corrected chi connectivity index (χ0v) is 12.0. The summed E-state index contributed by atoms with van der Waals surface area (Å²) in [6, 6.07) is 1.65. The number of hydrogen-bond donors (Lipinski definition) is 0. The lowest BCUT2D eigenvalue weighted by Crippen LogP contribution is -2.30. The van der Waals surface area contributed by atoms with Crippen LogP contribution in [-0.2, 0) is 5.88 Å². The minimum absolute atomic E-state index is 0.198. The van der Waals surface area contributed by atoms with E-state index in [1.807, 2.05) is 11.9 Å². The van der Waals surface area contributed by atoms with Crippen molar-refractivity contribution in [3.05, 3.63) is 23.6 Å². The Hall–Kier alpha value is -0.830. The summed E-state index contributed by atoms with van der Waals surface area (Å²) < 4.78 is 14.2. The lowest BCUT2D eigenvalue weighted by Gasteiger charge is -2.28. The van der Waals surface area contributed by atoms with Crippen molar-refractivity contribution in [1.82, 2.24) is 4.98 Å². The van der Waals surface area contributed by atoms with E-state index in [4.69, 9.17) is 11.6 Å². The highest BCUT2D eigenvalue weighted by Gasteiger charge is 2.39. The molecule has 0 spiro atoms. The highest BCUT2D eigenvalue weighted by molar-refractivity contribution is 6.17. The van der Waals surface area contributed by atoms with Gasteiger partial charge in [0.15, 0.2) is 11.6 Å². The molecule has 0 radical (unpaired) electrons. The minimum Gasteiger partial charge on any atom is -0.357 e. The first-order chi connectivity index (χ1) is 9.19. The van der Waals surface area contributed by atoms with Gasteiger partial charge in [0.1, 0.15) is 0 Å². The van der Waals surface area contributed by atoms with Crippen LogP contribution in [-0.4, -0.2) is 18.6 Å². The predicted molar refractivity (Wildman–Crippen MR) is 76.0 cm³/mol. The van der Waals surface area contributed by atoms with Crippen LogP contribution in [0.1, 0.15) is 31.2 Å². The zero-order chi connectivity index (χ0) is 13.4. The molecule has 0 amide bonds. The van der Waals surface area contributed by atoms with Crippen LogP contribution in [0.4, 0.5) is 10.2 Å². The Bertz CT molecular complexity index is 465. The molecule has 104 valence electrons. The molecule has 19 heavy (non-hydrogen) atoms. The number of halogens is 2. The number of alkyl halides is 1. The smallest absolute Gasteiger partial charge is 0.170 e. The highest BCUT2D eigenvalue weighted by atomic mass is 35.5. The molecule has 3 unspecified atom stereocenters. The average Bonchev–Trinajstić information content (AvgIpc) is 3.01. The molecule has 1 aromatic heterocycles. The predicted octanol–water partition coefficient (Wildman–Crippen LogP) is 3.83. The molecule has 2 bridgehead atoms. The van der Waals surface area contributed by atoms with E-state index in [9.17, 15) is 4.39 Å². The Kier molecular flexibility index (Phi) is 3.66. The maximum Gasteiger partial charge on any atom is 0.170 e. The van der Waals surface area contributed by atoms with Crippen molar-refractivity contribution in [3.8, 4) is 0 Å². The van der Waals surface area contributed by atoms with Gasteiger partial charge in [0, 0.05) is 25.4 Å². The fraction of sp³-hybridized carbons (Fsp3) is 0.667. The second-order valence-electron chi connectivity index (χ2n) is 6.06. The third kappa shape index (κ3) is 2.45. The molecular weight excluding hydrogens is 263 g/mol. The fourth-order valence-electron chi connectivity index (χ4n) is 3.88. The summed E-state index contributed by atoms with van der Waals surface area (Å²) in [5, 5.41) is 0. The van der Waals surface area contributed by atoms with Gasteiger partial charge < -0.3 is 4.90 Å². The first-order valence-corrected chi connectivity index (χ1v) is 7.63. The molecule has 3 rings (SSSR count). The van der Waals surface area contributed by atoms with E-state index >= 15 is 0 Å². The monoisotopic (exact) mass is 282 g/mol. The fourth-order valence-corrected chi connectivity index (χ4v) is 4.09. The van der Waals surface area contributed by atoms with E-state index in [1.165, 1.54) is 25.7 Å². The maximum atomic E-state index is 14.2. The Balaban J connectivity index is 1.72. The number of hydrogen-bond acceptors (Lipinski definition) is 2. The van der Waals surface area contributed by atoms with Gasteiger partial charge in [-0.15, -0.1) is 11.6 Å². The van der Waals surface area contributed by atoms with Gasteiger partial charge in [-0.3, -0.25) is 0 Å². The van der Waals surface area contributed by atoms with Gasteiger partial charge in [0.2, 0.25) is 0 Å². The molecule has 0 N–H and O–H groups in total. The van der Waals surface area contributed by atoms with Crippen molar-refractivity contribution in [2.75, 3.05) is 18.5 Å². The molecule has 1 heterocycles. The largest absolute Gasteiger partial charge is 0.357 e. The van der Waals surface area contributed by atoms with Gasteiger partial charge in [-0.1, -0.05) is 6.42 Å². The van der Waals surface area contributed by atoms with Crippen LogP contribution in [0.5, 0.6) is 0 Å². The Morgan fingerprint density at radius 2 is 2.26 bits per heavy atom. The molecule has 1 aromatic rings. The second-order valence-corrected chi connectivity index (χ2v) is 6.32. The molecule has 0 aromatic carbocycles. The van der Waals surface area contributed by atoms with Crippen molar-refractivity contribution >= 4 is 17.4 Å². The highest BCUT2D eigenvalue weighted by Crippen LogP contribution is 2.48. The van der Waals surface area contributed by atoms with Crippen LogP contribution in [0.15, 0.2) is 12.3 Å². The molecule has 2 nitrogen and oxygen atoms in total. The van der Waals surface area contributed by atoms with E-state index in [1.54, 1.807) is 12.3 Å². The minimum atomic E-state index is -0.261. The Labute approximate surface area is 119 Å². The zero-order valence-electron chi connectivity index (χ0n) is 11.3. The summed E-state index contributed by atoms with van der Waals surface area (Å²) >= 11 is 5.74. The summed E-state index contributed by atoms with van der Waals surface area (Å²) in [6.45, 7) is 0.914. The first-order valence-electron chi connectivity index (χ1n) is 7.09. The normalized spacial score (nSPS) is 28.9. The molecule has 2 fully saturated rings. The summed E-state index contributed by atoms with van der Waals surface area (Å²) in [5.74, 6) is 2.87. The average molecular weight is 283 g/mol. The number of anilines is 1. The van der Waals surface area contributed by atoms with Gasteiger partial charge in [-0.05, 0) is 43.1 Å². The molecule has 0 aliphatic heterocycles. The molecule has 2 saturated carbocycles. The van der Waals surface area contributed by atoms with E-state index in [2.05, 4.69) is 4.98 Å². The van der Waals surface area contributed by atoms with E-state index in [0.29, 0.717) is 17.3 Å². The van der Waals surface area contributed by atoms with Gasteiger partial charge in [-0.2, -0.15) is 0 Å². The lowest BCUT2D eigenvalue weighted by atomic mass is 9.88. The van der Waals surface area contributed by atoms with Crippen LogP contribution < -0.4 is 4.90 Å². The summed E-state index contributed by atoms with van der Waals surface area (Å²) in [6.07, 6.45) is 7.11. The lowest BCUT2D eigenvalue weighted by molar-refractivity contribution is 0.336. The van der Waals surface area contributed by atoms with Crippen LogP contribution in [0.25, 0.3) is 0 Å². The van der Waals surface area contributed by atoms with Crippen molar-refractivity contribution in [3.63, 3.8) is 0 Å². The molecular formula is C15H20ClFN2. The van der Waals surface area contributed by atoms with Gasteiger partial charge >= 0.3 is 0 Å². The van der Waals surface area contributed by atoms with Crippen molar-refractivity contribution in [1.29, 1.82) is 0 Å². The molecule has 2 aliphatic rings. The molecule has 0 saturated heterocycles. The van der Waals surface area contributed by atoms with Gasteiger partial charge in [0.05, 0.1) is 5.88 Å². The van der Waals surface area contributed by atoms with Crippen molar-refractivity contribution < 1.29 is 4.39 Å². The summed E-state index contributed by atoms with van der Waals surface area (Å²) in [7, 11) is 1.94. The standard InChI is InChI=1S/C15H20ClFN2/c1-19(9-13-7-10-2-3-11(13)6-10)15-14(17)12(8-16)4-5-18-15/h4-5,10-11,13H,2-3,6-9H2,1H3. The van der Waals surface area contributed by atoms with Crippen LogP contribution in [0, 0.1) is 23.6 Å². The van der Waals surface area contributed by atoms with E-state index in [-0.39, 0.29) is 11.7 Å². The number of fused-ring (bicyclic) bond motifs is 2. The number of aromatic nitrogens is 1. The van der Waals surface area contributed by atoms with Crippen LogP contribution >= 0.6 is 11.6 Å². The summed E-state index contributed by atoms with van der Waals surface area (Å²) in [5.41, 5.74) is 0.534. The number of nitrogens with zero attached hydrogens (tertiary/aromatic N) is 2. The van der Waals surface area contributed by atoms with E-state index in [0.717, 1.165) is 18.4 Å². The van der Waals surface area contributed by atoms with Crippen molar-refractivity contribution in [2.24, 2.45) is 17.8 Å².